The normalized spacial score (nSPS) is 14.9. The van der Waals surface area contributed by atoms with Gasteiger partial charge in [0, 0.05) is 42.9 Å². The first-order chi connectivity index (χ1) is 10.1. The van der Waals surface area contributed by atoms with E-state index in [9.17, 15) is 9.18 Å². The Morgan fingerprint density at radius 2 is 2.24 bits per heavy atom. The number of carbonyl (C=O) groups is 1. The van der Waals surface area contributed by atoms with Crippen molar-refractivity contribution in [3.05, 3.63) is 41.3 Å². The highest BCUT2D eigenvalue weighted by Gasteiger charge is 2.24. The van der Waals surface area contributed by atoms with Gasteiger partial charge in [0.05, 0.1) is 12.1 Å². The number of H-pyrrole nitrogens is 1. The second-order valence-electron chi connectivity index (χ2n) is 5.18. The minimum atomic E-state index is -0.803. The Hall–Kier alpha value is -2.21. The van der Waals surface area contributed by atoms with Crippen molar-refractivity contribution >= 4 is 5.97 Å². The van der Waals surface area contributed by atoms with E-state index in [-0.39, 0.29) is 12.2 Å². The summed E-state index contributed by atoms with van der Waals surface area (Å²) in [6.07, 6.45) is 0.888. The monoisotopic (exact) mass is 289 g/mol. The molecule has 0 saturated carbocycles. The number of benzene rings is 1. The number of hydrogen-bond acceptors (Lipinski definition) is 3. The second-order valence-corrected chi connectivity index (χ2v) is 5.18. The van der Waals surface area contributed by atoms with Crippen LogP contribution in [0.25, 0.3) is 11.3 Å². The van der Waals surface area contributed by atoms with Crippen molar-refractivity contribution in [1.82, 2.24) is 15.1 Å². The summed E-state index contributed by atoms with van der Waals surface area (Å²) in [5.74, 6) is -1.10. The van der Waals surface area contributed by atoms with Gasteiger partial charge in [-0.2, -0.15) is 5.10 Å². The Labute approximate surface area is 121 Å². The number of carboxylic acids is 1. The maximum atomic E-state index is 13.9. The molecule has 1 aliphatic heterocycles. The highest BCUT2D eigenvalue weighted by molar-refractivity contribution is 5.67. The van der Waals surface area contributed by atoms with Crippen LogP contribution in [0.2, 0.25) is 0 Å². The Kier molecular flexibility index (Phi) is 3.70. The summed E-state index contributed by atoms with van der Waals surface area (Å²) in [4.78, 5) is 12.7. The number of halogens is 1. The zero-order chi connectivity index (χ0) is 14.8. The van der Waals surface area contributed by atoms with Gasteiger partial charge in [0.15, 0.2) is 0 Å². The van der Waals surface area contributed by atoms with Gasteiger partial charge in [-0.05, 0) is 12.1 Å². The molecule has 5 nitrogen and oxygen atoms in total. The van der Waals surface area contributed by atoms with Crippen LogP contribution in [0.5, 0.6) is 0 Å². The molecule has 110 valence electrons. The van der Waals surface area contributed by atoms with Crippen LogP contribution in [0.15, 0.2) is 24.3 Å². The summed E-state index contributed by atoms with van der Waals surface area (Å²) in [7, 11) is 0. The maximum absolute atomic E-state index is 13.9. The molecule has 1 aromatic heterocycles. The van der Waals surface area contributed by atoms with Gasteiger partial charge in [0.25, 0.3) is 0 Å². The summed E-state index contributed by atoms with van der Waals surface area (Å²) >= 11 is 0. The molecule has 1 aromatic carbocycles. The van der Waals surface area contributed by atoms with Gasteiger partial charge >= 0.3 is 5.97 Å². The number of aliphatic carboxylic acids is 1. The molecule has 0 saturated heterocycles. The van der Waals surface area contributed by atoms with E-state index in [1.54, 1.807) is 18.2 Å². The molecule has 1 aliphatic rings. The molecule has 0 spiro atoms. The number of rotatable bonds is 4. The molecule has 0 bridgehead atoms. The Morgan fingerprint density at radius 3 is 3.00 bits per heavy atom. The number of nitrogens with one attached hydrogen (secondary N) is 1. The van der Waals surface area contributed by atoms with E-state index in [0.717, 1.165) is 24.2 Å². The lowest BCUT2D eigenvalue weighted by atomic mass is 10.0. The fraction of sp³-hybridized carbons (Fsp3) is 0.333. The average molecular weight is 289 g/mol. The number of hydrogen-bond donors (Lipinski definition) is 2. The van der Waals surface area contributed by atoms with E-state index in [2.05, 4.69) is 15.1 Å². The molecule has 2 heterocycles. The van der Waals surface area contributed by atoms with E-state index in [1.165, 1.54) is 6.07 Å². The van der Waals surface area contributed by atoms with Crippen LogP contribution >= 0.6 is 0 Å². The molecule has 0 unspecified atom stereocenters. The van der Waals surface area contributed by atoms with Crippen molar-refractivity contribution in [3.63, 3.8) is 0 Å². The lowest BCUT2D eigenvalue weighted by molar-refractivity contribution is -0.137. The Morgan fingerprint density at radius 1 is 1.43 bits per heavy atom. The van der Waals surface area contributed by atoms with Gasteiger partial charge in [-0.15, -0.1) is 0 Å². The summed E-state index contributed by atoms with van der Waals surface area (Å²) in [6.45, 7) is 1.89. The number of nitrogens with zero attached hydrogens (tertiary/aromatic N) is 2. The summed E-state index contributed by atoms with van der Waals surface area (Å²) in [5.41, 5.74) is 3.09. The smallest absolute Gasteiger partial charge is 0.304 e. The molecule has 6 heteroatoms. The van der Waals surface area contributed by atoms with Crippen LogP contribution in [-0.2, 0) is 17.8 Å². The average Bonchev–Trinajstić information content (AvgIpc) is 2.88. The standard InChI is InChI=1S/C15H16FN3O2/c16-12-4-2-1-3-10(12)15-11-9-19(8-6-14(20)21)7-5-13(11)17-18-15/h1-4H,5-9H2,(H,17,18)(H,20,21). The van der Waals surface area contributed by atoms with E-state index >= 15 is 0 Å². The van der Waals surface area contributed by atoms with Gasteiger partial charge in [0.2, 0.25) is 0 Å². The highest BCUT2D eigenvalue weighted by Crippen LogP contribution is 2.29. The molecule has 0 aliphatic carbocycles. The van der Waals surface area contributed by atoms with Gasteiger partial charge in [-0.1, -0.05) is 12.1 Å². The third-order valence-electron chi connectivity index (χ3n) is 3.78. The Balaban J connectivity index is 1.86. The third-order valence-corrected chi connectivity index (χ3v) is 3.78. The molecule has 2 N–H and O–H groups in total. The summed E-state index contributed by atoms with van der Waals surface area (Å²) < 4.78 is 13.9. The van der Waals surface area contributed by atoms with E-state index < -0.39 is 5.97 Å². The lowest BCUT2D eigenvalue weighted by Crippen LogP contribution is -2.32. The summed E-state index contributed by atoms with van der Waals surface area (Å²) in [6, 6.07) is 6.56. The van der Waals surface area contributed by atoms with Crippen molar-refractivity contribution in [2.45, 2.75) is 19.4 Å². The number of fused-ring (bicyclic) bond motifs is 1. The van der Waals surface area contributed by atoms with Crippen LogP contribution in [0, 0.1) is 5.82 Å². The number of carboxylic acid groups (broad SMARTS) is 1. The number of aromatic amines is 1. The zero-order valence-corrected chi connectivity index (χ0v) is 11.5. The van der Waals surface area contributed by atoms with Gasteiger partial charge in [0.1, 0.15) is 5.82 Å². The largest absolute Gasteiger partial charge is 0.481 e. The van der Waals surface area contributed by atoms with Crippen molar-refractivity contribution < 1.29 is 14.3 Å². The first-order valence-corrected chi connectivity index (χ1v) is 6.90. The molecule has 3 rings (SSSR count). The van der Waals surface area contributed by atoms with E-state index in [1.807, 2.05) is 0 Å². The maximum Gasteiger partial charge on any atom is 0.304 e. The SMILES string of the molecule is O=C(O)CCN1CCc2[nH]nc(-c3ccccc3F)c2C1. The van der Waals surface area contributed by atoms with Crippen molar-refractivity contribution in [1.29, 1.82) is 0 Å². The molecular weight excluding hydrogens is 273 g/mol. The van der Waals surface area contributed by atoms with Gasteiger partial charge in [-0.25, -0.2) is 4.39 Å². The first-order valence-electron chi connectivity index (χ1n) is 6.90. The summed E-state index contributed by atoms with van der Waals surface area (Å²) in [5, 5.41) is 16.0. The van der Waals surface area contributed by atoms with Crippen LogP contribution in [0.1, 0.15) is 17.7 Å². The lowest BCUT2D eigenvalue weighted by Gasteiger charge is -2.26. The van der Waals surface area contributed by atoms with Gasteiger partial charge < -0.3 is 5.11 Å². The molecule has 0 fully saturated rings. The fourth-order valence-electron chi connectivity index (χ4n) is 2.67. The Bertz CT molecular complexity index is 669. The van der Waals surface area contributed by atoms with Crippen LogP contribution in [-0.4, -0.2) is 39.3 Å². The highest BCUT2D eigenvalue weighted by atomic mass is 19.1. The first kappa shape index (κ1) is 13.8. The van der Waals surface area contributed by atoms with Crippen LogP contribution in [0.4, 0.5) is 4.39 Å². The minimum absolute atomic E-state index is 0.113. The van der Waals surface area contributed by atoms with Crippen molar-refractivity contribution in [2.75, 3.05) is 13.1 Å². The minimum Gasteiger partial charge on any atom is -0.481 e. The predicted molar refractivity (Wildman–Crippen MR) is 75.2 cm³/mol. The predicted octanol–water partition coefficient (Wildman–Crippen LogP) is 2.05. The quantitative estimate of drug-likeness (QED) is 0.904. The fourth-order valence-corrected chi connectivity index (χ4v) is 2.67. The van der Waals surface area contributed by atoms with Crippen molar-refractivity contribution in [2.24, 2.45) is 0 Å². The molecule has 2 aromatic rings. The van der Waals surface area contributed by atoms with E-state index in [0.29, 0.717) is 24.3 Å². The van der Waals surface area contributed by atoms with Gasteiger partial charge in [-0.3, -0.25) is 14.8 Å². The van der Waals surface area contributed by atoms with Crippen LogP contribution in [0.3, 0.4) is 0 Å². The molecule has 0 radical (unpaired) electrons. The molecule has 21 heavy (non-hydrogen) atoms. The van der Waals surface area contributed by atoms with Crippen molar-refractivity contribution in [3.8, 4) is 11.3 Å². The topological polar surface area (TPSA) is 69.2 Å². The number of aromatic nitrogens is 2. The zero-order valence-electron chi connectivity index (χ0n) is 11.5. The third kappa shape index (κ3) is 2.80. The van der Waals surface area contributed by atoms with Crippen LogP contribution < -0.4 is 0 Å². The molecular formula is C15H16FN3O2. The van der Waals surface area contributed by atoms with E-state index in [4.69, 9.17) is 5.11 Å². The molecule has 0 amide bonds. The molecule has 0 atom stereocenters. The second kappa shape index (κ2) is 5.65.